The first-order valence-corrected chi connectivity index (χ1v) is 8.25. The maximum Gasteiger partial charge on any atom is 0.337 e. The van der Waals surface area contributed by atoms with Gasteiger partial charge in [0.15, 0.2) is 0 Å². The van der Waals surface area contributed by atoms with Crippen LogP contribution in [0.15, 0.2) is 48.5 Å². The molecule has 0 spiro atoms. The number of hydrogen-bond acceptors (Lipinski definition) is 6. The number of benzene rings is 2. The van der Waals surface area contributed by atoms with Crippen LogP contribution in [0, 0.1) is 0 Å². The molecule has 0 saturated carbocycles. The third-order valence-corrected chi connectivity index (χ3v) is 3.95. The van der Waals surface area contributed by atoms with Gasteiger partial charge in [0.25, 0.3) is 0 Å². The molecule has 1 unspecified atom stereocenters. The number of esters is 2. The number of carboxylic acids is 1. The van der Waals surface area contributed by atoms with Crippen molar-refractivity contribution in [1.29, 1.82) is 0 Å². The van der Waals surface area contributed by atoms with E-state index in [1.165, 1.54) is 32.4 Å². The zero-order valence-corrected chi connectivity index (χ0v) is 15.3. The standard InChI is InChI=1S/C20H19NO7/c1-27-19(25)13-8-14(20(26)28-2)10-15(9-13)21-17(22)11-16(18(23)24)12-6-4-3-5-7-12/h3-10,16H,11H2,1-2H3,(H,21,22)(H,23,24). The number of carbonyl (C=O) groups is 4. The van der Waals surface area contributed by atoms with Gasteiger partial charge in [-0.3, -0.25) is 9.59 Å². The second-order valence-corrected chi connectivity index (χ2v) is 5.84. The monoisotopic (exact) mass is 385 g/mol. The molecule has 0 aromatic heterocycles. The molecule has 28 heavy (non-hydrogen) atoms. The lowest BCUT2D eigenvalue weighted by Crippen LogP contribution is -2.21. The van der Waals surface area contributed by atoms with E-state index in [-0.39, 0.29) is 23.2 Å². The number of carboxylic acid groups (broad SMARTS) is 1. The highest BCUT2D eigenvalue weighted by Gasteiger charge is 2.23. The fourth-order valence-electron chi connectivity index (χ4n) is 2.60. The van der Waals surface area contributed by atoms with Gasteiger partial charge >= 0.3 is 17.9 Å². The Hall–Kier alpha value is -3.68. The van der Waals surface area contributed by atoms with Crippen LogP contribution >= 0.6 is 0 Å². The van der Waals surface area contributed by atoms with E-state index in [9.17, 15) is 24.3 Å². The van der Waals surface area contributed by atoms with Crippen molar-refractivity contribution in [2.45, 2.75) is 12.3 Å². The molecule has 0 aliphatic carbocycles. The summed E-state index contributed by atoms with van der Waals surface area (Å²) in [6, 6.07) is 12.3. The third-order valence-electron chi connectivity index (χ3n) is 3.95. The van der Waals surface area contributed by atoms with Crippen molar-refractivity contribution in [1.82, 2.24) is 0 Å². The Kier molecular flexibility index (Phi) is 6.86. The number of rotatable bonds is 7. The molecule has 1 amide bonds. The van der Waals surface area contributed by atoms with E-state index >= 15 is 0 Å². The lowest BCUT2D eigenvalue weighted by Gasteiger charge is -2.14. The average molecular weight is 385 g/mol. The van der Waals surface area contributed by atoms with Crippen molar-refractivity contribution >= 4 is 29.5 Å². The molecule has 0 aliphatic rings. The van der Waals surface area contributed by atoms with Crippen molar-refractivity contribution in [3.05, 3.63) is 65.2 Å². The molecule has 1 atom stereocenters. The molecule has 2 aromatic rings. The SMILES string of the molecule is COC(=O)c1cc(NC(=O)CC(C(=O)O)c2ccccc2)cc(C(=O)OC)c1. The fraction of sp³-hybridized carbons (Fsp3) is 0.200. The van der Waals surface area contributed by atoms with Gasteiger partial charge < -0.3 is 19.9 Å². The van der Waals surface area contributed by atoms with Crippen LogP contribution in [0.4, 0.5) is 5.69 Å². The molecule has 8 nitrogen and oxygen atoms in total. The van der Waals surface area contributed by atoms with Crippen molar-refractivity contribution in [2.75, 3.05) is 19.5 Å². The lowest BCUT2D eigenvalue weighted by molar-refractivity contribution is -0.140. The second-order valence-electron chi connectivity index (χ2n) is 5.84. The molecule has 2 aromatic carbocycles. The normalized spacial score (nSPS) is 11.2. The highest BCUT2D eigenvalue weighted by molar-refractivity contribution is 6.00. The van der Waals surface area contributed by atoms with Gasteiger partial charge in [0.2, 0.25) is 5.91 Å². The summed E-state index contributed by atoms with van der Waals surface area (Å²) in [7, 11) is 2.37. The first-order valence-electron chi connectivity index (χ1n) is 8.25. The third kappa shape index (κ3) is 5.16. The van der Waals surface area contributed by atoms with Gasteiger partial charge in [-0.25, -0.2) is 9.59 Å². The van der Waals surface area contributed by atoms with Crippen LogP contribution in [0.1, 0.15) is 38.6 Å². The van der Waals surface area contributed by atoms with E-state index in [4.69, 9.17) is 0 Å². The zero-order valence-electron chi connectivity index (χ0n) is 15.3. The molecular formula is C20H19NO7. The molecule has 0 heterocycles. The minimum atomic E-state index is -1.14. The Balaban J connectivity index is 2.25. The lowest BCUT2D eigenvalue weighted by atomic mass is 9.95. The van der Waals surface area contributed by atoms with Gasteiger partial charge in [-0.05, 0) is 23.8 Å². The minimum Gasteiger partial charge on any atom is -0.481 e. The van der Waals surface area contributed by atoms with Crippen LogP contribution in [0.25, 0.3) is 0 Å². The molecule has 8 heteroatoms. The fourth-order valence-corrected chi connectivity index (χ4v) is 2.60. The molecule has 2 rings (SSSR count). The number of carbonyl (C=O) groups excluding carboxylic acids is 3. The second kappa shape index (κ2) is 9.31. The van der Waals surface area contributed by atoms with Crippen LogP contribution in [0.3, 0.4) is 0 Å². The van der Waals surface area contributed by atoms with Gasteiger partial charge in [-0.1, -0.05) is 30.3 Å². The summed E-state index contributed by atoms with van der Waals surface area (Å²) in [6.45, 7) is 0. The van der Waals surface area contributed by atoms with Crippen molar-refractivity contribution in [2.24, 2.45) is 0 Å². The quantitative estimate of drug-likeness (QED) is 0.703. The molecule has 0 radical (unpaired) electrons. The minimum absolute atomic E-state index is 0.0403. The molecule has 0 bridgehead atoms. The Morgan fingerprint density at radius 2 is 1.46 bits per heavy atom. The average Bonchev–Trinajstić information content (AvgIpc) is 2.70. The predicted molar refractivity (Wildman–Crippen MR) is 99.2 cm³/mol. The molecule has 0 saturated heterocycles. The van der Waals surface area contributed by atoms with Gasteiger partial charge in [-0.2, -0.15) is 0 Å². The van der Waals surface area contributed by atoms with Crippen molar-refractivity contribution in [3.63, 3.8) is 0 Å². The predicted octanol–water partition coefficient (Wildman–Crippen LogP) is 2.46. The van der Waals surface area contributed by atoms with Gasteiger partial charge in [0, 0.05) is 12.1 Å². The Morgan fingerprint density at radius 1 is 0.929 bits per heavy atom. The first kappa shape index (κ1) is 20.6. The van der Waals surface area contributed by atoms with Crippen LogP contribution in [0.2, 0.25) is 0 Å². The summed E-state index contributed by atoms with van der Waals surface area (Å²) >= 11 is 0. The van der Waals surface area contributed by atoms with Crippen LogP contribution in [-0.2, 0) is 19.1 Å². The van der Waals surface area contributed by atoms with E-state index < -0.39 is 29.7 Å². The topological polar surface area (TPSA) is 119 Å². The van der Waals surface area contributed by atoms with Gasteiger partial charge in [0.1, 0.15) is 0 Å². The number of hydrogen-bond donors (Lipinski definition) is 2. The van der Waals surface area contributed by atoms with Gasteiger partial charge in [-0.15, -0.1) is 0 Å². The molecule has 2 N–H and O–H groups in total. The number of nitrogens with one attached hydrogen (secondary N) is 1. The smallest absolute Gasteiger partial charge is 0.337 e. The maximum absolute atomic E-state index is 12.4. The van der Waals surface area contributed by atoms with Crippen molar-refractivity contribution < 1.29 is 33.8 Å². The maximum atomic E-state index is 12.4. The van der Waals surface area contributed by atoms with Gasteiger partial charge in [0.05, 0.1) is 31.3 Å². The molecular weight excluding hydrogens is 366 g/mol. The van der Waals surface area contributed by atoms with E-state index in [1.807, 2.05) is 0 Å². The van der Waals surface area contributed by atoms with Crippen LogP contribution < -0.4 is 5.32 Å². The first-order chi connectivity index (χ1) is 13.3. The van der Waals surface area contributed by atoms with Crippen molar-refractivity contribution in [3.8, 4) is 0 Å². The zero-order chi connectivity index (χ0) is 20.7. The summed E-state index contributed by atoms with van der Waals surface area (Å²) in [5.74, 6) is -4.16. The number of methoxy groups -OCH3 is 2. The van der Waals surface area contributed by atoms with E-state index in [0.29, 0.717) is 5.56 Å². The summed E-state index contributed by atoms with van der Waals surface area (Å²) in [4.78, 5) is 47.5. The Morgan fingerprint density at radius 3 is 1.93 bits per heavy atom. The number of ether oxygens (including phenoxy) is 2. The molecule has 0 fully saturated rings. The number of anilines is 1. The highest BCUT2D eigenvalue weighted by Crippen LogP contribution is 2.22. The Bertz CT molecular complexity index is 858. The molecule has 0 aliphatic heterocycles. The Labute approximate surface area is 161 Å². The number of amides is 1. The summed E-state index contributed by atoms with van der Waals surface area (Å²) in [6.07, 6.45) is -0.324. The molecule has 146 valence electrons. The highest BCUT2D eigenvalue weighted by atomic mass is 16.5. The van der Waals surface area contributed by atoms with E-state index in [2.05, 4.69) is 14.8 Å². The summed E-state index contributed by atoms with van der Waals surface area (Å²) < 4.78 is 9.27. The summed E-state index contributed by atoms with van der Waals surface area (Å²) in [5, 5.41) is 12.0. The van der Waals surface area contributed by atoms with E-state index in [0.717, 1.165) is 0 Å². The largest absolute Gasteiger partial charge is 0.481 e. The number of aliphatic carboxylic acids is 1. The van der Waals surface area contributed by atoms with Crippen LogP contribution in [0.5, 0.6) is 0 Å². The summed E-state index contributed by atoms with van der Waals surface area (Å²) in [5.41, 5.74) is 0.714. The van der Waals surface area contributed by atoms with Crippen LogP contribution in [-0.4, -0.2) is 43.1 Å². The van der Waals surface area contributed by atoms with E-state index in [1.54, 1.807) is 30.3 Å².